The van der Waals surface area contributed by atoms with Gasteiger partial charge in [0.25, 0.3) is 0 Å². The van der Waals surface area contributed by atoms with Crippen LogP contribution in [0.1, 0.15) is 0 Å². The van der Waals surface area contributed by atoms with Gasteiger partial charge in [-0.05, 0) is 6.07 Å². The van der Waals surface area contributed by atoms with E-state index >= 15 is 0 Å². The number of nitrogens with zero attached hydrogens (tertiary/aromatic N) is 2. The maximum absolute atomic E-state index is 9.37. The predicted octanol–water partition coefficient (Wildman–Crippen LogP) is 0.744. The monoisotopic (exact) mass is 166 g/mol. The number of aromatic hydroxyl groups is 1. The fourth-order valence-electron chi connectivity index (χ4n) is 1.37. The van der Waals surface area contributed by atoms with E-state index in [0.29, 0.717) is 0 Å². The SMILES string of the molecule is COn1c(O)cc2c1ccn2C. The summed E-state index contributed by atoms with van der Waals surface area (Å²) in [4.78, 5) is 4.96. The number of aromatic nitrogens is 2. The van der Waals surface area contributed by atoms with Gasteiger partial charge in [0, 0.05) is 19.3 Å². The summed E-state index contributed by atoms with van der Waals surface area (Å²) in [6.07, 6.45) is 1.92. The van der Waals surface area contributed by atoms with E-state index in [2.05, 4.69) is 0 Å². The van der Waals surface area contributed by atoms with Gasteiger partial charge < -0.3 is 14.5 Å². The Morgan fingerprint density at radius 2 is 2.17 bits per heavy atom. The van der Waals surface area contributed by atoms with E-state index in [0.717, 1.165) is 11.0 Å². The number of rotatable bonds is 1. The zero-order valence-corrected chi connectivity index (χ0v) is 6.98. The largest absolute Gasteiger partial charge is 0.492 e. The molecule has 0 aliphatic carbocycles. The van der Waals surface area contributed by atoms with Crippen molar-refractivity contribution in [2.24, 2.45) is 7.05 Å². The van der Waals surface area contributed by atoms with Crippen molar-refractivity contribution in [1.29, 1.82) is 0 Å². The Balaban J connectivity index is 2.82. The first-order chi connectivity index (χ1) is 5.74. The van der Waals surface area contributed by atoms with Gasteiger partial charge in [-0.25, -0.2) is 0 Å². The average molecular weight is 166 g/mol. The second-order valence-corrected chi connectivity index (χ2v) is 2.68. The van der Waals surface area contributed by atoms with Gasteiger partial charge in [0.1, 0.15) is 12.6 Å². The Morgan fingerprint density at radius 1 is 1.42 bits per heavy atom. The molecule has 1 N–H and O–H groups in total. The van der Waals surface area contributed by atoms with E-state index in [1.54, 1.807) is 6.07 Å². The third kappa shape index (κ3) is 0.717. The normalized spacial score (nSPS) is 10.8. The van der Waals surface area contributed by atoms with Crippen molar-refractivity contribution < 1.29 is 9.94 Å². The van der Waals surface area contributed by atoms with E-state index in [4.69, 9.17) is 4.84 Å². The topological polar surface area (TPSA) is 39.3 Å². The molecular formula is C8H10N2O2. The minimum atomic E-state index is 0.124. The molecule has 0 spiro atoms. The van der Waals surface area contributed by atoms with Crippen molar-refractivity contribution in [2.75, 3.05) is 7.11 Å². The summed E-state index contributed by atoms with van der Waals surface area (Å²) in [6, 6.07) is 3.55. The van der Waals surface area contributed by atoms with Gasteiger partial charge in [-0.3, -0.25) is 0 Å². The van der Waals surface area contributed by atoms with Gasteiger partial charge >= 0.3 is 0 Å². The molecule has 64 valence electrons. The second-order valence-electron chi connectivity index (χ2n) is 2.68. The Bertz CT molecular complexity index is 414. The van der Waals surface area contributed by atoms with Gasteiger partial charge in [-0.1, -0.05) is 0 Å². The second kappa shape index (κ2) is 2.20. The molecule has 0 saturated carbocycles. The van der Waals surface area contributed by atoms with Gasteiger partial charge in [-0.2, -0.15) is 0 Å². The summed E-state index contributed by atoms with van der Waals surface area (Å²) < 4.78 is 3.31. The summed E-state index contributed by atoms with van der Waals surface area (Å²) in [5, 5.41) is 9.37. The molecule has 2 aromatic rings. The molecule has 0 unspecified atom stereocenters. The first-order valence-corrected chi connectivity index (χ1v) is 3.64. The van der Waals surface area contributed by atoms with Crippen LogP contribution in [-0.2, 0) is 7.05 Å². The molecule has 12 heavy (non-hydrogen) atoms. The van der Waals surface area contributed by atoms with Gasteiger partial charge in [0.2, 0.25) is 5.88 Å². The third-order valence-corrected chi connectivity index (χ3v) is 1.97. The zero-order chi connectivity index (χ0) is 8.72. The van der Waals surface area contributed by atoms with Gasteiger partial charge in [-0.15, -0.1) is 4.73 Å². The van der Waals surface area contributed by atoms with Crippen LogP contribution < -0.4 is 4.84 Å². The number of fused-ring (bicyclic) bond motifs is 1. The fraction of sp³-hybridized carbons (Fsp3) is 0.250. The minimum Gasteiger partial charge on any atom is -0.492 e. The van der Waals surface area contributed by atoms with Crippen molar-refractivity contribution in [1.82, 2.24) is 9.30 Å². The molecule has 0 aliphatic rings. The molecule has 0 aromatic carbocycles. The van der Waals surface area contributed by atoms with Crippen LogP contribution in [-0.4, -0.2) is 21.5 Å². The van der Waals surface area contributed by atoms with Crippen LogP contribution in [0.2, 0.25) is 0 Å². The van der Waals surface area contributed by atoms with Crippen molar-refractivity contribution in [3.63, 3.8) is 0 Å². The van der Waals surface area contributed by atoms with Crippen LogP contribution in [0.25, 0.3) is 11.0 Å². The highest BCUT2D eigenvalue weighted by molar-refractivity contribution is 5.79. The summed E-state index contributed by atoms with van der Waals surface area (Å²) >= 11 is 0. The quantitative estimate of drug-likeness (QED) is 0.678. The van der Waals surface area contributed by atoms with E-state index in [9.17, 15) is 5.11 Å². The lowest BCUT2D eigenvalue weighted by atomic mass is 10.5. The van der Waals surface area contributed by atoms with Crippen LogP contribution in [0.5, 0.6) is 5.88 Å². The van der Waals surface area contributed by atoms with Crippen molar-refractivity contribution in [2.45, 2.75) is 0 Å². The average Bonchev–Trinajstić information content (AvgIpc) is 2.52. The summed E-state index contributed by atoms with van der Waals surface area (Å²) in [7, 11) is 3.44. The van der Waals surface area contributed by atoms with Crippen LogP contribution >= 0.6 is 0 Å². The summed E-state index contributed by atoms with van der Waals surface area (Å²) in [5.74, 6) is 0.124. The van der Waals surface area contributed by atoms with Crippen LogP contribution in [0, 0.1) is 0 Å². The van der Waals surface area contributed by atoms with Crippen LogP contribution in [0.15, 0.2) is 18.3 Å². The molecule has 0 amide bonds. The highest BCUT2D eigenvalue weighted by Crippen LogP contribution is 2.23. The Labute approximate surface area is 69.5 Å². The van der Waals surface area contributed by atoms with Crippen LogP contribution in [0.4, 0.5) is 0 Å². The highest BCUT2D eigenvalue weighted by Gasteiger charge is 2.09. The summed E-state index contributed by atoms with van der Waals surface area (Å²) in [5.41, 5.74) is 1.83. The number of hydrogen-bond acceptors (Lipinski definition) is 2. The lowest BCUT2D eigenvalue weighted by Crippen LogP contribution is -2.03. The minimum absolute atomic E-state index is 0.124. The molecule has 0 radical (unpaired) electrons. The molecule has 0 bridgehead atoms. The molecule has 0 aliphatic heterocycles. The van der Waals surface area contributed by atoms with Crippen molar-refractivity contribution in [3.05, 3.63) is 18.3 Å². The maximum atomic E-state index is 9.37. The first kappa shape index (κ1) is 7.09. The molecule has 0 atom stereocenters. The van der Waals surface area contributed by atoms with Crippen molar-refractivity contribution >= 4 is 11.0 Å². The molecule has 4 nitrogen and oxygen atoms in total. The van der Waals surface area contributed by atoms with E-state index in [-0.39, 0.29) is 5.88 Å². The number of hydrogen-bond donors (Lipinski definition) is 1. The lowest BCUT2D eigenvalue weighted by molar-refractivity contribution is 0.152. The number of aryl methyl sites for hydroxylation is 1. The molecule has 0 saturated heterocycles. The molecule has 0 fully saturated rings. The van der Waals surface area contributed by atoms with Gasteiger partial charge in [0.15, 0.2) is 0 Å². The fourth-order valence-corrected chi connectivity index (χ4v) is 1.37. The van der Waals surface area contributed by atoms with Gasteiger partial charge in [0.05, 0.1) is 5.52 Å². The summed E-state index contributed by atoms with van der Waals surface area (Å²) in [6.45, 7) is 0. The molecule has 2 heterocycles. The highest BCUT2D eigenvalue weighted by atomic mass is 16.7. The Kier molecular flexibility index (Phi) is 1.30. The van der Waals surface area contributed by atoms with E-state index in [1.807, 2.05) is 23.9 Å². The van der Waals surface area contributed by atoms with E-state index in [1.165, 1.54) is 11.8 Å². The first-order valence-electron chi connectivity index (χ1n) is 3.64. The molecule has 2 aromatic heterocycles. The molecule has 4 heteroatoms. The predicted molar refractivity (Wildman–Crippen MR) is 45.1 cm³/mol. The zero-order valence-electron chi connectivity index (χ0n) is 6.98. The van der Waals surface area contributed by atoms with Crippen molar-refractivity contribution in [3.8, 4) is 5.88 Å². The van der Waals surface area contributed by atoms with Crippen LogP contribution in [0.3, 0.4) is 0 Å². The maximum Gasteiger partial charge on any atom is 0.227 e. The van der Waals surface area contributed by atoms with E-state index < -0.39 is 0 Å². The third-order valence-electron chi connectivity index (χ3n) is 1.97. The molecule has 2 rings (SSSR count). The molecular weight excluding hydrogens is 156 g/mol. The smallest absolute Gasteiger partial charge is 0.227 e. The Hall–Kier alpha value is -1.58. The standard InChI is InChI=1S/C8H10N2O2/c1-9-4-3-6-7(9)5-8(11)10(6)12-2/h3-5,11H,1-2H3. The Morgan fingerprint density at radius 3 is 2.83 bits per heavy atom. The lowest BCUT2D eigenvalue weighted by Gasteiger charge is -2.00.